The van der Waals surface area contributed by atoms with Gasteiger partial charge in [0, 0.05) is 16.3 Å². The van der Waals surface area contributed by atoms with Gasteiger partial charge in [-0.3, -0.25) is 14.6 Å². The molecule has 0 unspecified atom stereocenters. The van der Waals surface area contributed by atoms with Gasteiger partial charge in [0.2, 0.25) is 5.91 Å². The number of carbonyl (C=O) groups excluding carboxylic acids is 2. The first-order valence-electron chi connectivity index (χ1n) is 11.0. The number of rotatable bonds is 5. The van der Waals surface area contributed by atoms with E-state index in [1.807, 2.05) is 36.4 Å². The fourth-order valence-electron chi connectivity index (χ4n) is 4.44. The van der Waals surface area contributed by atoms with E-state index in [0.29, 0.717) is 16.7 Å². The van der Waals surface area contributed by atoms with Crippen molar-refractivity contribution in [2.24, 2.45) is 4.99 Å². The molecule has 5 nitrogen and oxygen atoms in total. The zero-order valence-corrected chi connectivity index (χ0v) is 18.8. The number of carbonyl (C=O) groups is 2. The van der Waals surface area contributed by atoms with E-state index in [-0.39, 0.29) is 18.4 Å². The van der Waals surface area contributed by atoms with Crippen LogP contribution < -0.4 is 5.32 Å². The molecule has 4 rings (SSSR count). The standard InChI is InChI=1S/C25H28ClN3O2/c1-17(2)18-8-12-21(13-9-18)27-22(30)16-29-24(31)23(19-6-10-20(26)11-7-19)28-25(29)14-4-3-5-15-25/h6-13,17H,3-5,14-16H2,1-2H3,(H,27,30). The summed E-state index contributed by atoms with van der Waals surface area (Å²) in [6.07, 6.45) is 4.70. The van der Waals surface area contributed by atoms with Crippen LogP contribution in [0.5, 0.6) is 0 Å². The number of amides is 2. The van der Waals surface area contributed by atoms with E-state index in [4.69, 9.17) is 16.6 Å². The molecule has 1 aliphatic carbocycles. The van der Waals surface area contributed by atoms with Crippen molar-refractivity contribution in [2.45, 2.75) is 57.5 Å². The third kappa shape index (κ3) is 4.52. The smallest absolute Gasteiger partial charge is 0.275 e. The number of hydrogen-bond donors (Lipinski definition) is 1. The van der Waals surface area contributed by atoms with Gasteiger partial charge in [0.1, 0.15) is 17.9 Å². The summed E-state index contributed by atoms with van der Waals surface area (Å²) in [5, 5.41) is 3.55. The second-order valence-electron chi connectivity index (χ2n) is 8.73. The van der Waals surface area contributed by atoms with Gasteiger partial charge in [0.25, 0.3) is 5.91 Å². The average Bonchev–Trinajstić information content (AvgIpc) is 3.01. The van der Waals surface area contributed by atoms with Crippen LogP contribution in [0, 0.1) is 0 Å². The van der Waals surface area contributed by atoms with Gasteiger partial charge >= 0.3 is 0 Å². The number of anilines is 1. The van der Waals surface area contributed by atoms with E-state index < -0.39 is 5.66 Å². The Kier molecular flexibility index (Phi) is 6.15. The summed E-state index contributed by atoms with van der Waals surface area (Å²) < 4.78 is 0. The number of nitrogens with one attached hydrogen (secondary N) is 1. The molecular formula is C25H28ClN3O2. The van der Waals surface area contributed by atoms with Gasteiger partial charge in [-0.15, -0.1) is 0 Å². The van der Waals surface area contributed by atoms with Gasteiger partial charge in [-0.2, -0.15) is 0 Å². The maximum atomic E-state index is 13.4. The fourth-order valence-corrected chi connectivity index (χ4v) is 4.57. The first-order valence-corrected chi connectivity index (χ1v) is 11.3. The molecule has 6 heteroatoms. The summed E-state index contributed by atoms with van der Waals surface area (Å²) in [6, 6.07) is 15.0. The average molecular weight is 438 g/mol. The Labute approximate surface area is 188 Å². The van der Waals surface area contributed by atoms with Crippen LogP contribution in [0.2, 0.25) is 5.02 Å². The van der Waals surface area contributed by atoms with Crippen molar-refractivity contribution in [1.82, 2.24) is 4.90 Å². The zero-order chi connectivity index (χ0) is 22.0. The Morgan fingerprint density at radius 1 is 1.06 bits per heavy atom. The Bertz CT molecular complexity index is 990. The molecule has 0 aromatic heterocycles. The third-order valence-electron chi connectivity index (χ3n) is 6.20. The molecule has 0 saturated heterocycles. The molecule has 2 aromatic rings. The van der Waals surface area contributed by atoms with Crippen LogP contribution in [0.3, 0.4) is 0 Å². The van der Waals surface area contributed by atoms with E-state index in [1.165, 1.54) is 5.56 Å². The molecule has 0 bridgehead atoms. The van der Waals surface area contributed by atoms with Crippen molar-refractivity contribution in [3.8, 4) is 0 Å². The van der Waals surface area contributed by atoms with Crippen LogP contribution in [0.1, 0.15) is 63.0 Å². The lowest BCUT2D eigenvalue weighted by Crippen LogP contribution is -2.51. The normalized spacial score (nSPS) is 17.9. The van der Waals surface area contributed by atoms with Gasteiger partial charge in [0.15, 0.2) is 0 Å². The van der Waals surface area contributed by atoms with E-state index in [1.54, 1.807) is 17.0 Å². The highest BCUT2D eigenvalue weighted by molar-refractivity contribution is 6.47. The maximum absolute atomic E-state index is 13.4. The second kappa shape index (κ2) is 8.83. The van der Waals surface area contributed by atoms with Crippen molar-refractivity contribution in [3.05, 3.63) is 64.7 Å². The number of benzene rings is 2. The number of hydrogen-bond acceptors (Lipinski definition) is 3. The lowest BCUT2D eigenvalue weighted by atomic mass is 9.88. The molecule has 31 heavy (non-hydrogen) atoms. The molecule has 2 aromatic carbocycles. The molecule has 1 N–H and O–H groups in total. The van der Waals surface area contributed by atoms with Gasteiger partial charge in [-0.1, -0.05) is 56.1 Å². The summed E-state index contributed by atoms with van der Waals surface area (Å²) in [5.41, 5.74) is 2.50. The lowest BCUT2D eigenvalue weighted by molar-refractivity contribution is -0.134. The minimum absolute atomic E-state index is 0.00858. The molecule has 1 aliphatic heterocycles. The second-order valence-corrected chi connectivity index (χ2v) is 9.16. The molecule has 1 fully saturated rings. The molecule has 2 aliphatic rings. The molecule has 2 amide bonds. The van der Waals surface area contributed by atoms with Gasteiger partial charge in [0.05, 0.1) is 0 Å². The molecule has 1 saturated carbocycles. The summed E-state index contributed by atoms with van der Waals surface area (Å²) >= 11 is 6.01. The van der Waals surface area contributed by atoms with Crippen molar-refractivity contribution < 1.29 is 9.59 Å². The van der Waals surface area contributed by atoms with Crippen LogP contribution in [0.15, 0.2) is 53.5 Å². The summed E-state index contributed by atoms with van der Waals surface area (Å²) in [6.45, 7) is 4.26. The third-order valence-corrected chi connectivity index (χ3v) is 6.46. The first-order chi connectivity index (χ1) is 14.9. The van der Waals surface area contributed by atoms with Gasteiger partial charge in [-0.25, -0.2) is 0 Å². The van der Waals surface area contributed by atoms with Gasteiger partial charge < -0.3 is 10.2 Å². The van der Waals surface area contributed by atoms with Crippen molar-refractivity contribution >= 4 is 34.8 Å². The SMILES string of the molecule is CC(C)c1ccc(NC(=O)CN2C(=O)C(c3ccc(Cl)cc3)=NC23CCCCC3)cc1. The predicted molar refractivity (Wildman–Crippen MR) is 125 cm³/mol. The first kappa shape index (κ1) is 21.6. The van der Waals surface area contributed by atoms with E-state index in [0.717, 1.165) is 43.4 Å². The summed E-state index contributed by atoms with van der Waals surface area (Å²) in [4.78, 5) is 32.8. The quantitative estimate of drug-likeness (QED) is 0.681. The maximum Gasteiger partial charge on any atom is 0.275 e. The van der Waals surface area contributed by atoms with Crippen LogP contribution in [-0.2, 0) is 9.59 Å². The van der Waals surface area contributed by atoms with Crippen LogP contribution in [-0.4, -0.2) is 34.6 Å². The topological polar surface area (TPSA) is 61.8 Å². The molecule has 0 atom stereocenters. The molecule has 1 spiro atoms. The lowest BCUT2D eigenvalue weighted by Gasteiger charge is -2.38. The van der Waals surface area contributed by atoms with Crippen LogP contribution >= 0.6 is 11.6 Å². The fraction of sp³-hybridized carbons (Fsp3) is 0.400. The predicted octanol–water partition coefficient (Wildman–Crippen LogP) is 5.39. The number of halogens is 1. The van der Waals surface area contributed by atoms with E-state index >= 15 is 0 Å². The highest BCUT2D eigenvalue weighted by Gasteiger charge is 2.48. The molecule has 0 radical (unpaired) electrons. The minimum Gasteiger partial charge on any atom is -0.325 e. The molecular weight excluding hydrogens is 410 g/mol. The molecule has 162 valence electrons. The Morgan fingerprint density at radius 2 is 1.71 bits per heavy atom. The van der Waals surface area contributed by atoms with E-state index in [9.17, 15) is 9.59 Å². The van der Waals surface area contributed by atoms with Crippen LogP contribution in [0.4, 0.5) is 5.69 Å². The Balaban J connectivity index is 1.54. The highest BCUT2D eigenvalue weighted by Crippen LogP contribution is 2.39. The number of nitrogens with zero attached hydrogens (tertiary/aromatic N) is 2. The molecule has 1 heterocycles. The number of aliphatic imine (C=N–C) groups is 1. The Morgan fingerprint density at radius 3 is 2.32 bits per heavy atom. The highest BCUT2D eigenvalue weighted by atomic mass is 35.5. The summed E-state index contributed by atoms with van der Waals surface area (Å²) in [7, 11) is 0. The van der Waals surface area contributed by atoms with Crippen molar-refractivity contribution in [2.75, 3.05) is 11.9 Å². The van der Waals surface area contributed by atoms with Gasteiger partial charge in [-0.05, 0) is 61.4 Å². The minimum atomic E-state index is -0.622. The largest absolute Gasteiger partial charge is 0.325 e. The van der Waals surface area contributed by atoms with Crippen molar-refractivity contribution in [1.29, 1.82) is 0 Å². The Hall–Kier alpha value is -2.66. The zero-order valence-electron chi connectivity index (χ0n) is 18.0. The van der Waals surface area contributed by atoms with E-state index in [2.05, 4.69) is 19.2 Å². The van der Waals surface area contributed by atoms with Crippen molar-refractivity contribution in [3.63, 3.8) is 0 Å². The monoisotopic (exact) mass is 437 g/mol. The van der Waals surface area contributed by atoms with Crippen LogP contribution in [0.25, 0.3) is 0 Å². The summed E-state index contributed by atoms with van der Waals surface area (Å²) in [5.74, 6) is 0.0410.